The van der Waals surface area contributed by atoms with Gasteiger partial charge in [0, 0.05) is 37.7 Å². The first-order chi connectivity index (χ1) is 17.7. The molecule has 1 unspecified atom stereocenters. The predicted octanol–water partition coefficient (Wildman–Crippen LogP) is 4.42. The number of aliphatic hydroxyl groups is 1. The van der Waals surface area contributed by atoms with Crippen molar-refractivity contribution in [1.29, 1.82) is 0 Å². The molecule has 2 heterocycles. The zero-order chi connectivity index (χ0) is 25.8. The van der Waals surface area contributed by atoms with E-state index in [1.807, 2.05) is 6.07 Å². The molecule has 37 heavy (non-hydrogen) atoms. The molecular formula is C30H43N3O4. The molecule has 0 bridgehead atoms. The molecule has 1 saturated heterocycles. The molecule has 7 atom stereocenters. The number of oxime groups is 1. The number of nitrogens with zero attached hydrogens (tertiary/aromatic N) is 2. The van der Waals surface area contributed by atoms with Crippen LogP contribution in [0.4, 0.5) is 0 Å². The average Bonchev–Trinajstić information content (AvgIpc) is 3.19. The van der Waals surface area contributed by atoms with Gasteiger partial charge in [0.25, 0.3) is 0 Å². The second-order valence-corrected chi connectivity index (χ2v) is 12.8. The predicted molar refractivity (Wildman–Crippen MR) is 143 cm³/mol. The van der Waals surface area contributed by atoms with Crippen LogP contribution in [0.25, 0.3) is 0 Å². The molecule has 1 aromatic heterocycles. The van der Waals surface area contributed by atoms with E-state index in [4.69, 9.17) is 9.25 Å². The molecule has 0 spiro atoms. The number of hydrogen-bond acceptors (Lipinski definition) is 7. The van der Waals surface area contributed by atoms with E-state index in [1.54, 1.807) is 6.26 Å². The Morgan fingerprint density at radius 1 is 1.11 bits per heavy atom. The average molecular weight is 510 g/mol. The van der Waals surface area contributed by atoms with Crippen molar-refractivity contribution in [2.45, 2.75) is 89.9 Å². The normalized spacial score (nSPS) is 41.9. The van der Waals surface area contributed by atoms with Crippen molar-refractivity contribution in [3.05, 3.63) is 46.0 Å². The number of hydrogen-bond donors (Lipinski definition) is 2. The van der Waals surface area contributed by atoms with Crippen LogP contribution in [0.5, 0.6) is 0 Å². The fourth-order valence-corrected chi connectivity index (χ4v) is 8.97. The first-order valence-corrected chi connectivity index (χ1v) is 14.4. The lowest BCUT2D eigenvalue weighted by Crippen LogP contribution is -2.60. The van der Waals surface area contributed by atoms with Gasteiger partial charge in [-0.3, -0.25) is 4.90 Å². The lowest BCUT2D eigenvalue weighted by molar-refractivity contribution is -0.176. The molecule has 0 amide bonds. The summed E-state index contributed by atoms with van der Waals surface area (Å²) in [6, 6.07) is 3.44. The maximum absolute atomic E-state index is 12.4. The van der Waals surface area contributed by atoms with Gasteiger partial charge in [-0.2, -0.15) is 0 Å². The third-order valence-electron chi connectivity index (χ3n) is 11.3. The minimum absolute atomic E-state index is 0.00438. The minimum Gasteiger partial charge on any atom is -0.431 e. The van der Waals surface area contributed by atoms with E-state index in [9.17, 15) is 9.90 Å². The molecule has 7 heteroatoms. The van der Waals surface area contributed by atoms with Gasteiger partial charge in [0.05, 0.1) is 17.6 Å². The highest BCUT2D eigenvalue weighted by Crippen LogP contribution is 2.69. The van der Waals surface area contributed by atoms with Gasteiger partial charge in [0.2, 0.25) is 0 Å². The van der Waals surface area contributed by atoms with E-state index < -0.39 is 5.60 Å². The summed E-state index contributed by atoms with van der Waals surface area (Å²) in [5.41, 5.74) is 2.56. The molecule has 7 nitrogen and oxygen atoms in total. The van der Waals surface area contributed by atoms with Crippen LogP contribution in [0.3, 0.4) is 0 Å². The fourth-order valence-electron chi connectivity index (χ4n) is 8.97. The molecule has 4 aliphatic carbocycles. The fraction of sp³-hybridized carbons (Fsp3) is 0.733. The molecule has 2 N–H and O–H groups in total. The van der Waals surface area contributed by atoms with Gasteiger partial charge in [-0.05, 0) is 99.2 Å². The first-order valence-electron chi connectivity index (χ1n) is 14.4. The summed E-state index contributed by atoms with van der Waals surface area (Å²) in [6.45, 7) is 10.8. The van der Waals surface area contributed by atoms with Gasteiger partial charge in [-0.1, -0.05) is 24.6 Å². The van der Waals surface area contributed by atoms with E-state index >= 15 is 0 Å². The molecule has 1 aromatic rings. The van der Waals surface area contributed by atoms with E-state index in [2.05, 4.69) is 42.2 Å². The topological polar surface area (TPSA) is 87.3 Å². The van der Waals surface area contributed by atoms with Crippen molar-refractivity contribution < 1.29 is 14.4 Å². The molecule has 0 aromatic carbocycles. The molecule has 5 aliphatic rings. The van der Waals surface area contributed by atoms with Gasteiger partial charge in [0.15, 0.2) is 6.23 Å². The van der Waals surface area contributed by atoms with Crippen LogP contribution >= 0.6 is 0 Å². The molecule has 4 fully saturated rings. The van der Waals surface area contributed by atoms with Gasteiger partial charge >= 0.3 is 5.63 Å². The largest absolute Gasteiger partial charge is 0.431 e. The van der Waals surface area contributed by atoms with Crippen LogP contribution in [-0.2, 0) is 4.84 Å². The summed E-state index contributed by atoms with van der Waals surface area (Å²) >= 11 is 0. The summed E-state index contributed by atoms with van der Waals surface area (Å²) in [6.07, 6.45) is 11.9. The Balaban J connectivity index is 1.20. The third-order valence-corrected chi connectivity index (χ3v) is 11.3. The van der Waals surface area contributed by atoms with Crippen molar-refractivity contribution in [2.75, 3.05) is 26.2 Å². The minimum atomic E-state index is -0.679. The summed E-state index contributed by atoms with van der Waals surface area (Å²) in [5, 5.41) is 20.4. The first kappa shape index (κ1) is 25.3. The SMILES string of the molecule is CC(O/N=C1/C=C2CC[C@@H]3[C@H](CC[C@]4(C)[C@@H](c5ccc(=O)oc5)CC[C@]34O)[C@@]2(C)CC1)N1CCNCC1. The summed E-state index contributed by atoms with van der Waals surface area (Å²) in [5.74, 6) is 1.02. The Bertz CT molecular complexity index is 1120. The number of nitrogens with one attached hydrogen (secondary N) is 1. The molecule has 1 aliphatic heterocycles. The Labute approximate surface area is 220 Å². The van der Waals surface area contributed by atoms with Gasteiger partial charge in [-0.25, -0.2) is 4.79 Å². The maximum Gasteiger partial charge on any atom is 0.335 e. The van der Waals surface area contributed by atoms with Gasteiger partial charge < -0.3 is 19.7 Å². The Hall–Kier alpha value is -1.96. The number of allylic oxidation sites excluding steroid dienone is 2. The highest BCUT2D eigenvalue weighted by atomic mass is 16.6. The van der Waals surface area contributed by atoms with Crippen LogP contribution in [0.1, 0.15) is 83.6 Å². The molecule has 0 radical (unpaired) electrons. The van der Waals surface area contributed by atoms with Crippen molar-refractivity contribution in [3.8, 4) is 0 Å². The van der Waals surface area contributed by atoms with E-state index in [1.165, 1.54) is 11.6 Å². The maximum atomic E-state index is 12.4. The highest BCUT2D eigenvalue weighted by Gasteiger charge is 2.66. The van der Waals surface area contributed by atoms with Crippen LogP contribution in [-0.4, -0.2) is 53.7 Å². The summed E-state index contributed by atoms with van der Waals surface area (Å²) in [4.78, 5) is 19.8. The highest BCUT2D eigenvalue weighted by molar-refractivity contribution is 5.96. The lowest BCUT2D eigenvalue weighted by Gasteiger charge is -2.61. The van der Waals surface area contributed by atoms with Gasteiger partial charge in [-0.15, -0.1) is 0 Å². The van der Waals surface area contributed by atoms with Crippen LogP contribution in [0.15, 0.2) is 44.4 Å². The van der Waals surface area contributed by atoms with Crippen LogP contribution < -0.4 is 10.9 Å². The molecule has 6 rings (SSSR count). The molecule has 3 saturated carbocycles. The Kier molecular flexibility index (Phi) is 6.40. The van der Waals surface area contributed by atoms with Crippen molar-refractivity contribution in [2.24, 2.45) is 27.8 Å². The second kappa shape index (κ2) is 9.35. The van der Waals surface area contributed by atoms with Crippen molar-refractivity contribution >= 4 is 5.71 Å². The number of rotatable bonds is 4. The zero-order valence-corrected chi connectivity index (χ0v) is 22.7. The van der Waals surface area contributed by atoms with Gasteiger partial charge in [0.1, 0.15) is 0 Å². The Morgan fingerprint density at radius 3 is 2.68 bits per heavy atom. The van der Waals surface area contributed by atoms with Crippen molar-refractivity contribution in [3.63, 3.8) is 0 Å². The molecular weight excluding hydrogens is 466 g/mol. The number of piperazine rings is 1. The van der Waals surface area contributed by atoms with E-state index in [0.29, 0.717) is 11.8 Å². The zero-order valence-electron chi connectivity index (χ0n) is 22.7. The quantitative estimate of drug-likeness (QED) is 0.584. The smallest absolute Gasteiger partial charge is 0.335 e. The number of fused-ring (bicyclic) bond motifs is 5. The standard InChI is InChI=1S/C30H43N3O4/c1-20(33-16-14-31-15-17-33)37-32-23-8-11-28(2)22(18-23)5-6-26-25(28)9-12-29(3)24(10-13-30(26,29)35)21-4-7-27(34)36-19-21/h4,7,18-20,24-26,31,35H,5-6,8-17H2,1-3H3/b32-23+/t20?,24-,25+,26-,28+,29-,30+/m1/s1. The second-order valence-electron chi connectivity index (χ2n) is 12.8. The monoisotopic (exact) mass is 509 g/mol. The third kappa shape index (κ3) is 4.04. The summed E-state index contributed by atoms with van der Waals surface area (Å²) < 4.78 is 5.23. The summed E-state index contributed by atoms with van der Waals surface area (Å²) in [7, 11) is 0. The lowest BCUT2D eigenvalue weighted by atomic mass is 9.45. The van der Waals surface area contributed by atoms with E-state index in [-0.39, 0.29) is 28.6 Å². The van der Waals surface area contributed by atoms with Crippen LogP contribution in [0.2, 0.25) is 0 Å². The Morgan fingerprint density at radius 2 is 1.92 bits per heavy atom. The van der Waals surface area contributed by atoms with Crippen LogP contribution in [0, 0.1) is 22.7 Å². The van der Waals surface area contributed by atoms with E-state index in [0.717, 1.165) is 88.8 Å². The van der Waals surface area contributed by atoms with Crippen molar-refractivity contribution in [1.82, 2.24) is 10.2 Å². The molecule has 202 valence electrons.